The van der Waals surface area contributed by atoms with Gasteiger partial charge in [-0.25, -0.2) is 0 Å². The van der Waals surface area contributed by atoms with Gasteiger partial charge in [0.25, 0.3) is 0 Å². The Morgan fingerprint density at radius 2 is 2.00 bits per heavy atom. The van der Waals surface area contributed by atoms with Crippen molar-refractivity contribution in [2.75, 3.05) is 13.2 Å². The standard InChI is InChI=1S/C12H22O2/c1-2-14-10-12(13)9-8-11-6-4-3-5-7-11/h11H,2-10H2,1H3. The Balaban J connectivity index is 2.03. The summed E-state index contributed by atoms with van der Waals surface area (Å²) in [6.07, 6.45) is 8.61. The Morgan fingerprint density at radius 1 is 1.29 bits per heavy atom. The molecule has 0 N–H and O–H groups in total. The van der Waals surface area contributed by atoms with Gasteiger partial charge >= 0.3 is 0 Å². The van der Waals surface area contributed by atoms with Crippen LogP contribution in [0.3, 0.4) is 0 Å². The highest BCUT2D eigenvalue weighted by Gasteiger charge is 2.14. The van der Waals surface area contributed by atoms with Crippen LogP contribution in [0.25, 0.3) is 0 Å². The van der Waals surface area contributed by atoms with E-state index < -0.39 is 0 Å². The molecule has 0 aliphatic heterocycles. The molecule has 1 aliphatic rings. The number of hydrogen-bond donors (Lipinski definition) is 0. The van der Waals surface area contributed by atoms with Gasteiger partial charge in [0, 0.05) is 13.0 Å². The van der Waals surface area contributed by atoms with Gasteiger partial charge in [0.05, 0.1) is 0 Å². The van der Waals surface area contributed by atoms with Crippen molar-refractivity contribution in [1.29, 1.82) is 0 Å². The molecule has 14 heavy (non-hydrogen) atoms. The highest BCUT2D eigenvalue weighted by Crippen LogP contribution is 2.27. The first-order valence-corrected chi connectivity index (χ1v) is 5.92. The van der Waals surface area contributed by atoms with Gasteiger partial charge in [-0.15, -0.1) is 0 Å². The molecule has 0 heterocycles. The average Bonchev–Trinajstić information content (AvgIpc) is 2.25. The number of ketones is 1. The summed E-state index contributed by atoms with van der Waals surface area (Å²) in [5.74, 6) is 1.09. The summed E-state index contributed by atoms with van der Waals surface area (Å²) in [4.78, 5) is 11.3. The van der Waals surface area contributed by atoms with Gasteiger partial charge in [0.2, 0.25) is 0 Å². The average molecular weight is 198 g/mol. The van der Waals surface area contributed by atoms with Crippen LogP contribution in [-0.4, -0.2) is 19.0 Å². The number of carbonyl (C=O) groups is 1. The molecular weight excluding hydrogens is 176 g/mol. The second kappa shape index (κ2) is 6.99. The third-order valence-electron chi connectivity index (χ3n) is 3.02. The van der Waals surface area contributed by atoms with E-state index in [0.29, 0.717) is 13.2 Å². The van der Waals surface area contributed by atoms with Crippen LogP contribution in [0.15, 0.2) is 0 Å². The lowest BCUT2D eigenvalue weighted by Crippen LogP contribution is -2.12. The molecule has 1 fully saturated rings. The first-order valence-electron chi connectivity index (χ1n) is 5.92. The first kappa shape index (κ1) is 11.7. The Morgan fingerprint density at radius 3 is 2.64 bits per heavy atom. The smallest absolute Gasteiger partial charge is 0.158 e. The maximum atomic E-state index is 11.3. The van der Waals surface area contributed by atoms with E-state index in [9.17, 15) is 4.79 Å². The highest BCUT2D eigenvalue weighted by atomic mass is 16.5. The minimum atomic E-state index is 0.275. The fourth-order valence-electron chi connectivity index (χ4n) is 2.13. The molecule has 0 aromatic rings. The minimum absolute atomic E-state index is 0.275. The van der Waals surface area contributed by atoms with Crippen LogP contribution in [0.1, 0.15) is 51.9 Å². The van der Waals surface area contributed by atoms with Crippen molar-refractivity contribution in [3.8, 4) is 0 Å². The second-order valence-corrected chi connectivity index (χ2v) is 4.22. The topological polar surface area (TPSA) is 26.3 Å². The van der Waals surface area contributed by atoms with Gasteiger partial charge in [-0.05, 0) is 19.3 Å². The number of hydrogen-bond acceptors (Lipinski definition) is 2. The van der Waals surface area contributed by atoms with Gasteiger partial charge in [0.15, 0.2) is 5.78 Å². The molecule has 1 saturated carbocycles. The summed E-state index contributed by atoms with van der Waals surface area (Å²) >= 11 is 0. The summed E-state index contributed by atoms with van der Waals surface area (Å²) in [5, 5.41) is 0. The molecule has 1 rings (SSSR count). The van der Waals surface area contributed by atoms with Crippen molar-refractivity contribution in [2.45, 2.75) is 51.9 Å². The van der Waals surface area contributed by atoms with Crippen LogP contribution in [0.4, 0.5) is 0 Å². The van der Waals surface area contributed by atoms with Crippen LogP contribution in [0.2, 0.25) is 0 Å². The lowest BCUT2D eigenvalue weighted by molar-refractivity contribution is -0.123. The summed E-state index contributed by atoms with van der Waals surface area (Å²) in [6.45, 7) is 2.90. The molecule has 1 aliphatic carbocycles. The summed E-state index contributed by atoms with van der Waals surface area (Å²) in [7, 11) is 0. The molecular formula is C12H22O2. The van der Waals surface area contributed by atoms with Crippen molar-refractivity contribution in [3.05, 3.63) is 0 Å². The molecule has 0 bridgehead atoms. The maximum Gasteiger partial charge on any atom is 0.158 e. The van der Waals surface area contributed by atoms with Gasteiger partial charge in [0.1, 0.15) is 6.61 Å². The predicted molar refractivity (Wildman–Crippen MR) is 57.3 cm³/mol. The third kappa shape index (κ3) is 4.75. The fourth-order valence-corrected chi connectivity index (χ4v) is 2.13. The molecule has 2 heteroatoms. The van der Waals surface area contributed by atoms with Crippen LogP contribution in [0, 0.1) is 5.92 Å². The molecule has 0 aromatic heterocycles. The molecule has 0 unspecified atom stereocenters. The Labute approximate surface area is 87.0 Å². The van der Waals surface area contributed by atoms with Crippen LogP contribution in [0.5, 0.6) is 0 Å². The monoisotopic (exact) mass is 198 g/mol. The van der Waals surface area contributed by atoms with E-state index in [2.05, 4.69) is 0 Å². The fraction of sp³-hybridized carbons (Fsp3) is 0.917. The van der Waals surface area contributed by atoms with Gasteiger partial charge < -0.3 is 4.74 Å². The SMILES string of the molecule is CCOCC(=O)CCC1CCCCC1. The third-order valence-corrected chi connectivity index (χ3v) is 3.02. The van der Waals surface area contributed by atoms with E-state index in [1.54, 1.807) is 0 Å². The molecule has 0 atom stereocenters. The highest BCUT2D eigenvalue weighted by molar-refractivity contribution is 5.79. The minimum Gasteiger partial charge on any atom is -0.374 e. The normalized spacial score (nSPS) is 18.4. The summed E-state index contributed by atoms with van der Waals surface area (Å²) in [6, 6.07) is 0. The second-order valence-electron chi connectivity index (χ2n) is 4.22. The van der Waals surface area contributed by atoms with E-state index in [-0.39, 0.29) is 5.78 Å². The van der Waals surface area contributed by atoms with Crippen molar-refractivity contribution in [3.63, 3.8) is 0 Å². The van der Waals surface area contributed by atoms with Gasteiger partial charge in [-0.3, -0.25) is 4.79 Å². The van der Waals surface area contributed by atoms with Crippen molar-refractivity contribution in [1.82, 2.24) is 0 Å². The Kier molecular flexibility index (Phi) is 5.85. The van der Waals surface area contributed by atoms with Crippen molar-refractivity contribution < 1.29 is 9.53 Å². The summed E-state index contributed by atoms with van der Waals surface area (Å²) in [5.41, 5.74) is 0. The number of Topliss-reactive ketones (excluding diaryl/α,β-unsaturated/α-hetero) is 1. The zero-order valence-corrected chi connectivity index (χ0v) is 9.26. The lowest BCUT2D eigenvalue weighted by Gasteiger charge is -2.20. The van der Waals surface area contributed by atoms with E-state index in [4.69, 9.17) is 4.74 Å². The van der Waals surface area contributed by atoms with Gasteiger partial charge in [-0.2, -0.15) is 0 Å². The van der Waals surface area contributed by atoms with Crippen molar-refractivity contribution >= 4 is 5.78 Å². The van der Waals surface area contributed by atoms with E-state index in [0.717, 1.165) is 18.8 Å². The molecule has 0 spiro atoms. The number of rotatable bonds is 6. The first-order chi connectivity index (χ1) is 6.83. The van der Waals surface area contributed by atoms with Gasteiger partial charge in [-0.1, -0.05) is 32.1 Å². The quantitative estimate of drug-likeness (QED) is 0.656. The zero-order valence-electron chi connectivity index (χ0n) is 9.26. The largest absolute Gasteiger partial charge is 0.374 e. The van der Waals surface area contributed by atoms with E-state index >= 15 is 0 Å². The van der Waals surface area contributed by atoms with Crippen LogP contribution >= 0.6 is 0 Å². The van der Waals surface area contributed by atoms with E-state index in [1.807, 2.05) is 6.92 Å². The van der Waals surface area contributed by atoms with Crippen molar-refractivity contribution in [2.24, 2.45) is 5.92 Å². The molecule has 0 amide bonds. The van der Waals surface area contributed by atoms with E-state index in [1.165, 1.54) is 32.1 Å². The molecule has 0 radical (unpaired) electrons. The maximum absolute atomic E-state index is 11.3. The van der Waals surface area contributed by atoms with Crippen LogP contribution in [-0.2, 0) is 9.53 Å². The van der Waals surface area contributed by atoms with Crippen LogP contribution < -0.4 is 0 Å². The number of carbonyl (C=O) groups excluding carboxylic acids is 1. The lowest BCUT2D eigenvalue weighted by atomic mass is 9.86. The molecule has 2 nitrogen and oxygen atoms in total. The zero-order chi connectivity index (χ0) is 10.2. The number of ether oxygens (including phenoxy) is 1. The molecule has 0 aromatic carbocycles. The molecule has 0 saturated heterocycles. The Bertz CT molecular complexity index is 160. The molecule has 82 valence electrons. The predicted octanol–water partition coefficient (Wildman–Crippen LogP) is 2.95. The summed E-state index contributed by atoms with van der Waals surface area (Å²) < 4.78 is 5.09. The Hall–Kier alpha value is -0.370.